The molecule has 82 valence electrons. The summed E-state index contributed by atoms with van der Waals surface area (Å²) in [7, 11) is 1.81. The molecule has 2 rings (SSSR count). The summed E-state index contributed by atoms with van der Waals surface area (Å²) in [5.41, 5.74) is -0.263. The van der Waals surface area contributed by atoms with Crippen molar-refractivity contribution in [2.45, 2.75) is 19.6 Å². The molecular weight excluding hydrogens is 198 g/mol. The third-order valence-corrected chi connectivity index (χ3v) is 2.45. The van der Waals surface area contributed by atoms with Crippen LogP contribution in [0.2, 0.25) is 0 Å². The smallest absolute Gasteiger partial charge is 0.274 e. The second kappa shape index (κ2) is 3.63. The first-order valence-corrected chi connectivity index (χ1v) is 4.78. The highest BCUT2D eigenvalue weighted by atomic mass is 16.7. The van der Waals surface area contributed by atoms with Gasteiger partial charge in [0.1, 0.15) is 0 Å². The largest absolute Gasteiger partial charge is 0.330 e. The molecule has 0 aromatic carbocycles. The summed E-state index contributed by atoms with van der Waals surface area (Å²) in [4.78, 5) is 30.3. The van der Waals surface area contributed by atoms with Crippen LogP contribution < -0.4 is 11.2 Å². The number of rotatable bonds is 1. The Bertz CT molecular complexity index is 476. The summed E-state index contributed by atoms with van der Waals surface area (Å²) in [5.74, 6) is 0. The van der Waals surface area contributed by atoms with Gasteiger partial charge in [0.05, 0.1) is 0 Å². The lowest BCUT2D eigenvalue weighted by Crippen LogP contribution is -2.33. The number of hydroxylamine groups is 2. The number of H-pyrrole nitrogens is 1. The van der Waals surface area contributed by atoms with Gasteiger partial charge in [-0.05, 0) is 6.92 Å². The van der Waals surface area contributed by atoms with Crippen molar-refractivity contribution in [1.29, 1.82) is 0 Å². The van der Waals surface area contributed by atoms with Crippen molar-refractivity contribution in [2.75, 3.05) is 13.6 Å². The second-order valence-corrected chi connectivity index (χ2v) is 3.68. The van der Waals surface area contributed by atoms with Crippen molar-refractivity contribution >= 4 is 0 Å². The Kier molecular flexibility index (Phi) is 2.45. The normalized spacial score (nSPS) is 22.1. The molecule has 1 N–H and O–H groups in total. The van der Waals surface area contributed by atoms with Crippen LogP contribution in [-0.4, -0.2) is 28.2 Å². The van der Waals surface area contributed by atoms with Crippen LogP contribution in [0.5, 0.6) is 0 Å². The van der Waals surface area contributed by atoms with E-state index in [4.69, 9.17) is 4.84 Å². The van der Waals surface area contributed by atoms with Crippen LogP contribution in [0.3, 0.4) is 0 Å². The first-order chi connectivity index (χ1) is 7.08. The average molecular weight is 211 g/mol. The Balaban J connectivity index is 2.41. The van der Waals surface area contributed by atoms with Gasteiger partial charge in [-0.3, -0.25) is 19.2 Å². The zero-order valence-electron chi connectivity index (χ0n) is 8.69. The SMILES string of the molecule is Cc1cn([C@H]2CCN(C)O2)c(=O)[nH]c1=O. The molecule has 1 aromatic heterocycles. The lowest BCUT2D eigenvalue weighted by atomic mass is 10.3. The van der Waals surface area contributed by atoms with Crippen molar-refractivity contribution in [3.8, 4) is 0 Å². The minimum atomic E-state index is -0.425. The quantitative estimate of drug-likeness (QED) is 0.687. The van der Waals surface area contributed by atoms with Crippen LogP contribution >= 0.6 is 0 Å². The molecule has 1 atom stereocenters. The van der Waals surface area contributed by atoms with E-state index < -0.39 is 5.69 Å². The van der Waals surface area contributed by atoms with E-state index in [2.05, 4.69) is 4.98 Å². The van der Waals surface area contributed by atoms with Crippen molar-refractivity contribution in [2.24, 2.45) is 0 Å². The van der Waals surface area contributed by atoms with Crippen LogP contribution in [0.4, 0.5) is 0 Å². The summed E-state index contributed by atoms with van der Waals surface area (Å²) < 4.78 is 1.42. The predicted molar refractivity (Wildman–Crippen MR) is 53.4 cm³/mol. The molecule has 1 saturated heterocycles. The van der Waals surface area contributed by atoms with E-state index in [0.717, 1.165) is 13.0 Å². The number of aromatic amines is 1. The highest BCUT2D eigenvalue weighted by molar-refractivity contribution is 5.01. The third-order valence-electron chi connectivity index (χ3n) is 2.45. The van der Waals surface area contributed by atoms with E-state index >= 15 is 0 Å². The van der Waals surface area contributed by atoms with Gasteiger partial charge in [-0.15, -0.1) is 0 Å². The van der Waals surface area contributed by atoms with Crippen LogP contribution in [0, 0.1) is 6.92 Å². The lowest BCUT2D eigenvalue weighted by molar-refractivity contribution is -0.153. The fourth-order valence-electron chi connectivity index (χ4n) is 1.60. The van der Waals surface area contributed by atoms with Crippen LogP contribution in [-0.2, 0) is 4.84 Å². The summed E-state index contributed by atoms with van der Waals surface area (Å²) in [6.45, 7) is 2.43. The van der Waals surface area contributed by atoms with Crippen molar-refractivity contribution in [1.82, 2.24) is 14.6 Å². The Labute approximate surface area is 86.1 Å². The van der Waals surface area contributed by atoms with Gasteiger partial charge in [0, 0.05) is 31.8 Å². The molecule has 15 heavy (non-hydrogen) atoms. The summed E-state index contributed by atoms with van der Waals surface area (Å²) in [5, 5.41) is 1.68. The molecule has 0 spiro atoms. The molecule has 1 aliphatic heterocycles. The average Bonchev–Trinajstić information content (AvgIpc) is 2.58. The van der Waals surface area contributed by atoms with E-state index in [1.165, 1.54) is 10.8 Å². The zero-order chi connectivity index (χ0) is 11.0. The van der Waals surface area contributed by atoms with E-state index in [1.807, 2.05) is 7.05 Å². The van der Waals surface area contributed by atoms with Gasteiger partial charge in [-0.2, -0.15) is 5.06 Å². The van der Waals surface area contributed by atoms with Gasteiger partial charge in [0.15, 0.2) is 6.23 Å². The van der Waals surface area contributed by atoms with Crippen LogP contribution in [0.1, 0.15) is 18.2 Å². The van der Waals surface area contributed by atoms with Gasteiger partial charge in [-0.25, -0.2) is 4.79 Å². The van der Waals surface area contributed by atoms with E-state index in [-0.39, 0.29) is 11.8 Å². The van der Waals surface area contributed by atoms with Crippen LogP contribution in [0.25, 0.3) is 0 Å². The van der Waals surface area contributed by atoms with E-state index in [1.54, 1.807) is 12.0 Å². The van der Waals surface area contributed by atoms with Crippen LogP contribution in [0.15, 0.2) is 15.8 Å². The molecule has 0 amide bonds. The molecule has 0 bridgehead atoms. The second-order valence-electron chi connectivity index (χ2n) is 3.68. The Hall–Kier alpha value is -1.40. The van der Waals surface area contributed by atoms with Crippen molar-refractivity contribution < 1.29 is 4.84 Å². The number of aryl methyl sites for hydroxylation is 1. The minimum absolute atomic E-state index is 0.307. The summed E-state index contributed by atoms with van der Waals surface area (Å²) >= 11 is 0. The highest BCUT2D eigenvalue weighted by Crippen LogP contribution is 2.19. The number of hydrogen-bond acceptors (Lipinski definition) is 4. The lowest BCUT2D eigenvalue weighted by Gasteiger charge is -2.14. The molecule has 1 aromatic rings. The summed E-state index contributed by atoms with van der Waals surface area (Å²) in [6.07, 6.45) is 1.96. The van der Waals surface area contributed by atoms with E-state index in [0.29, 0.717) is 5.56 Å². The Morgan fingerprint density at radius 3 is 2.87 bits per heavy atom. The van der Waals surface area contributed by atoms with Gasteiger partial charge in [-0.1, -0.05) is 0 Å². The van der Waals surface area contributed by atoms with Crippen molar-refractivity contribution in [3.63, 3.8) is 0 Å². The Morgan fingerprint density at radius 1 is 1.53 bits per heavy atom. The molecule has 0 aliphatic carbocycles. The number of hydrogen-bond donors (Lipinski definition) is 1. The maximum atomic E-state index is 11.5. The fourth-order valence-corrected chi connectivity index (χ4v) is 1.60. The van der Waals surface area contributed by atoms with Gasteiger partial charge in [0.2, 0.25) is 0 Å². The molecule has 0 unspecified atom stereocenters. The van der Waals surface area contributed by atoms with Gasteiger partial charge in [0.25, 0.3) is 5.56 Å². The van der Waals surface area contributed by atoms with Gasteiger partial charge >= 0.3 is 5.69 Å². The van der Waals surface area contributed by atoms with Crippen molar-refractivity contribution in [3.05, 3.63) is 32.6 Å². The first kappa shape index (κ1) is 10.1. The maximum absolute atomic E-state index is 11.5. The molecule has 6 heteroatoms. The number of aromatic nitrogens is 2. The molecular formula is C9H13N3O3. The molecule has 0 radical (unpaired) electrons. The zero-order valence-corrected chi connectivity index (χ0v) is 8.69. The standard InChI is InChI=1S/C9H13N3O3/c1-6-5-12(9(14)10-8(6)13)7-3-4-11(2)15-7/h5,7H,3-4H2,1-2H3,(H,10,13,14)/t7-/m1/s1. The number of nitrogens with zero attached hydrogens (tertiary/aromatic N) is 2. The minimum Gasteiger partial charge on any atom is -0.274 e. The van der Waals surface area contributed by atoms with Gasteiger partial charge < -0.3 is 0 Å². The molecule has 0 saturated carbocycles. The topological polar surface area (TPSA) is 67.3 Å². The molecule has 6 nitrogen and oxygen atoms in total. The fraction of sp³-hybridized carbons (Fsp3) is 0.556. The summed E-state index contributed by atoms with van der Waals surface area (Å²) in [6, 6.07) is 0. The van der Waals surface area contributed by atoms with E-state index in [9.17, 15) is 9.59 Å². The Morgan fingerprint density at radius 2 is 2.27 bits per heavy atom. The highest BCUT2D eigenvalue weighted by Gasteiger charge is 2.23. The number of nitrogens with one attached hydrogen (secondary N) is 1. The maximum Gasteiger partial charge on any atom is 0.330 e. The monoisotopic (exact) mass is 211 g/mol. The first-order valence-electron chi connectivity index (χ1n) is 4.78. The molecule has 1 aliphatic rings. The predicted octanol–water partition coefficient (Wildman–Crippen LogP) is -0.389. The third kappa shape index (κ3) is 1.86. The molecule has 2 heterocycles. The molecule has 1 fully saturated rings.